The van der Waals surface area contributed by atoms with Crippen LogP contribution in [0.4, 0.5) is 0 Å². The fraction of sp³-hybridized carbons (Fsp3) is 0.750. The summed E-state index contributed by atoms with van der Waals surface area (Å²) in [6.45, 7) is 19.8. The maximum Gasteiger partial charge on any atom is -1.00 e. The third-order valence-corrected chi connectivity index (χ3v) is 13.9. The molecule has 0 saturated heterocycles. The minimum atomic E-state index is -2.66. The molecular formula is C16H29ClHfO2. The van der Waals surface area contributed by atoms with Gasteiger partial charge in [0.2, 0.25) is 0 Å². The van der Waals surface area contributed by atoms with Crippen molar-refractivity contribution in [2.45, 2.75) is 74.5 Å². The molecule has 0 spiro atoms. The van der Waals surface area contributed by atoms with Crippen molar-refractivity contribution >= 4 is 0 Å². The third kappa shape index (κ3) is 4.28. The van der Waals surface area contributed by atoms with Crippen LogP contribution < -0.4 is 12.4 Å². The normalized spacial score (nSPS) is 18.1. The maximum absolute atomic E-state index is 6.25. The molecule has 1 aliphatic rings. The monoisotopic (exact) mass is 468 g/mol. The Labute approximate surface area is 140 Å². The fourth-order valence-electron chi connectivity index (χ4n) is 2.58. The summed E-state index contributed by atoms with van der Waals surface area (Å²) in [7, 11) is 0. The Kier molecular flexibility index (Phi) is 7.93. The van der Waals surface area contributed by atoms with Gasteiger partial charge >= 0.3 is 128 Å². The van der Waals surface area contributed by atoms with Gasteiger partial charge in [0.25, 0.3) is 0 Å². The quantitative estimate of drug-likeness (QED) is 0.576. The van der Waals surface area contributed by atoms with Gasteiger partial charge in [0.05, 0.1) is 0 Å². The summed E-state index contributed by atoms with van der Waals surface area (Å²) in [5.74, 6) is 0. The van der Waals surface area contributed by atoms with Gasteiger partial charge in [0.15, 0.2) is 0 Å². The second-order valence-electron chi connectivity index (χ2n) is 6.50. The first-order chi connectivity index (χ1) is 8.59. The maximum atomic E-state index is 6.25. The van der Waals surface area contributed by atoms with E-state index in [0.717, 1.165) is 0 Å². The van der Waals surface area contributed by atoms with Crippen molar-refractivity contribution < 1.29 is 40.4 Å². The zero-order chi connectivity index (χ0) is 15.0. The molecule has 1 rings (SSSR count). The van der Waals surface area contributed by atoms with Crippen molar-refractivity contribution in [3.8, 4) is 0 Å². The Balaban J connectivity index is 0.00000361. The molecular weight excluding hydrogens is 438 g/mol. The first-order valence-corrected chi connectivity index (χ1v) is 11.9. The molecule has 0 heterocycles. The molecule has 2 nitrogen and oxygen atoms in total. The molecule has 116 valence electrons. The van der Waals surface area contributed by atoms with Crippen molar-refractivity contribution in [3.05, 3.63) is 20.0 Å². The molecule has 0 saturated carbocycles. The molecule has 0 aromatic heterocycles. The zero-order valence-electron chi connectivity index (χ0n) is 14.3. The number of halogens is 1. The van der Waals surface area contributed by atoms with Gasteiger partial charge in [-0.25, -0.2) is 0 Å². The van der Waals surface area contributed by atoms with Crippen LogP contribution in [0.2, 0.25) is 0 Å². The third-order valence-electron chi connectivity index (χ3n) is 3.95. The minimum Gasteiger partial charge on any atom is -1.00 e. The van der Waals surface area contributed by atoms with Crippen molar-refractivity contribution in [3.63, 3.8) is 0 Å². The smallest absolute Gasteiger partial charge is 1.00 e. The van der Waals surface area contributed by atoms with Gasteiger partial charge in [-0.15, -0.1) is 0 Å². The van der Waals surface area contributed by atoms with E-state index in [1.54, 1.807) is 0 Å². The number of allylic oxidation sites excluding steroid dienone is 4. The van der Waals surface area contributed by atoms with Crippen LogP contribution >= 0.6 is 0 Å². The van der Waals surface area contributed by atoms with Gasteiger partial charge < -0.3 is 12.4 Å². The molecule has 0 aromatic rings. The molecule has 20 heavy (non-hydrogen) atoms. The topological polar surface area (TPSA) is 18.5 Å². The van der Waals surface area contributed by atoms with E-state index < -0.39 is 22.3 Å². The van der Waals surface area contributed by atoms with E-state index in [-0.39, 0.29) is 30.0 Å². The molecule has 0 amide bonds. The molecule has 4 heteroatoms. The Morgan fingerprint density at radius 3 is 1.50 bits per heavy atom. The predicted molar refractivity (Wildman–Crippen MR) is 77.3 cm³/mol. The van der Waals surface area contributed by atoms with Crippen LogP contribution in [0.15, 0.2) is 20.0 Å². The summed E-state index contributed by atoms with van der Waals surface area (Å²) in [5.41, 5.74) is 4.44. The van der Waals surface area contributed by atoms with Gasteiger partial charge in [-0.3, -0.25) is 0 Å². The molecule has 0 fully saturated rings. The van der Waals surface area contributed by atoms with Gasteiger partial charge in [-0.1, -0.05) is 0 Å². The van der Waals surface area contributed by atoms with E-state index >= 15 is 0 Å². The van der Waals surface area contributed by atoms with E-state index in [2.05, 4.69) is 62.3 Å². The molecule has 1 aliphatic carbocycles. The Morgan fingerprint density at radius 2 is 1.25 bits per heavy atom. The van der Waals surface area contributed by atoms with Crippen LogP contribution in [0.5, 0.6) is 0 Å². The van der Waals surface area contributed by atoms with Crippen molar-refractivity contribution in [2.75, 3.05) is 0 Å². The van der Waals surface area contributed by atoms with E-state index in [4.69, 9.17) is 5.71 Å². The predicted octanol–water partition coefficient (Wildman–Crippen LogP) is 1.94. The Morgan fingerprint density at radius 1 is 0.850 bits per heavy atom. The summed E-state index contributed by atoms with van der Waals surface area (Å²) in [6.07, 6.45) is 0.497. The number of hydrogen-bond acceptors (Lipinski definition) is 2. The van der Waals surface area contributed by atoms with Crippen LogP contribution in [-0.4, -0.2) is 12.2 Å². The molecule has 0 radical (unpaired) electrons. The molecule has 0 bridgehead atoms. The van der Waals surface area contributed by atoms with E-state index in [9.17, 15) is 0 Å². The molecule has 0 atom stereocenters. The van der Waals surface area contributed by atoms with Gasteiger partial charge in [0, 0.05) is 0 Å². The summed E-state index contributed by atoms with van der Waals surface area (Å²) >= 11 is -2.66. The van der Waals surface area contributed by atoms with E-state index in [1.165, 1.54) is 20.0 Å². The van der Waals surface area contributed by atoms with Gasteiger partial charge in [0.1, 0.15) is 0 Å². The minimum absolute atomic E-state index is 0. The number of rotatable bonds is 5. The van der Waals surface area contributed by atoms with Crippen molar-refractivity contribution in [2.24, 2.45) is 5.41 Å². The van der Waals surface area contributed by atoms with Crippen LogP contribution in [-0.2, 0) is 28.0 Å². The van der Waals surface area contributed by atoms with Crippen LogP contribution in [0, 0.1) is 5.41 Å². The second-order valence-corrected chi connectivity index (χ2v) is 12.1. The average Bonchev–Trinajstić information content (AvgIpc) is 2.37. The molecule has 0 unspecified atom stereocenters. The standard InChI is InChI=1S/C10H15.2C3H7O.ClH.Hf/c1-7-6-10(4,5)9(3)8(7)2;2*1-3(2)4;;/h1-5H3;2*3H,1-2H3;1H;/q;2*-1;;+3/p-1. The first kappa shape index (κ1) is 20.6. The van der Waals surface area contributed by atoms with E-state index in [0.29, 0.717) is 0 Å². The van der Waals surface area contributed by atoms with Crippen LogP contribution in [0.1, 0.15) is 62.3 Å². The Bertz CT molecular complexity index is 399. The zero-order valence-corrected chi connectivity index (χ0v) is 18.7. The summed E-state index contributed by atoms with van der Waals surface area (Å²) in [4.78, 5) is 0. The van der Waals surface area contributed by atoms with Gasteiger partial charge in [-0.05, 0) is 0 Å². The Hall–Kier alpha value is 0.560. The summed E-state index contributed by atoms with van der Waals surface area (Å²) in [6, 6.07) is 0. The SMILES string of the molecule is CC1=C(C)C(C)(C)[C]([Hf+]([O]C(C)C)[O]C(C)C)=C1C.[Cl-]. The first-order valence-electron chi connectivity index (χ1n) is 7.19. The summed E-state index contributed by atoms with van der Waals surface area (Å²) < 4.78 is 14.0. The van der Waals surface area contributed by atoms with Crippen LogP contribution in [0.3, 0.4) is 0 Å². The van der Waals surface area contributed by atoms with Crippen molar-refractivity contribution in [1.82, 2.24) is 0 Å². The van der Waals surface area contributed by atoms with Crippen molar-refractivity contribution in [1.29, 1.82) is 0 Å². The average molecular weight is 467 g/mol. The van der Waals surface area contributed by atoms with E-state index in [1.807, 2.05) is 0 Å². The molecule has 0 aromatic carbocycles. The molecule has 0 N–H and O–H groups in total. The number of hydrogen-bond donors (Lipinski definition) is 0. The molecule has 0 aliphatic heterocycles. The largest absolute Gasteiger partial charge is 1.00 e. The van der Waals surface area contributed by atoms with Gasteiger partial charge in [-0.2, -0.15) is 0 Å². The summed E-state index contributed by atoms with van der Waals surface area (Å²) in [5, 5.41) is 0. The fourth-order valence-corrected chi connectivity index (χ4v) is 11.0. The second kappa shape index (κ2) is 7.71. The van der Waals surface area contributed by atoms with Crippen LogP contribution in [0.25, 0.3) is 0 Å².